The van der Waals surface area contributed by atoms with Gasteiger partial charge in [0.05, 0.1) is 18.1 Å². The molecule has 0 aliphatic rings. The molecular formula is C52H69N5O11Si2. The zero-order valence-corrected chi connectivity index (χ0v) is 44.4. The average Bonchev–Trinajstić information content (AvgIpc) is 3.28. The fourth-order valence-electron chi connectivity index (χ4n) is 5.30. The molecule has 5 aromatic carbocycles. The van der Waals surface area contributed by atoms with Crippen LogP contribution in [-0.2, 0) is 22.7 Å². The minimum atomic E-state index is -1.99. The minimum Gasteiger partial charge on any atom is -0.543 e. The maximum Gasteiger partial charge on any atom is 0.514 e. The van der Waals surface area contributed by atoms with E-state index >= 15 is 0 Å². The Balaban J connectivity index is 0.000000289. The van der Waals surface area contributed by atoms with E-state index in [4.69, 9.17) is 49.1 Å². The van der Waals surface area contributed by atoms with E-state index in [2.05, 4.69) is 73.0 Å². The van der Waals surface area contributed by atoms with Crippen LogP contribution in [0.4, 0.5) is 15.3 Å². The number of hydrogen-bond acceptors (Lipinski definition) is 13. The van der Waals surface area contributed by atoms with Gasteiger partial charge in [0, 0.05) is 23.3 Å². The second-order valence-electron chi connectivity index (χ2n) is 18.8. The molecule has 16 nitrogen and oxygen atoms in total. The van der Waals surface area contributed by atoms with Gasteiger partial charge in [0.2, 0.25) is 16.6 Å². The first-order valence-corrected chi connectivity index (χ1v) is 28.5. The largest absolute Gasteiger partial charge is 0.543 e. The molecule has 0 radical (unpaired) electrons. The van der Waals surface area contributed by atoms with Crippen molar-refractivity contribution in [1.82, 2.24) is 5.32 Å². The molecule has 376 valence electrons. The molecule has 0 fully saturated rings. The standard InChI is InChI=1S/C23H32N2O4Si.C16H15NO6.C13H22N2OSi/c1-7-27-19-13-11-17(12-14-19)16-28-22(26)25-21(24)18-9-8-10-20(15-18)29-30(5,6)23(2,3)4;1-2-21-14-7-3-12(4-8-14)11-22-16(18)23-15-9-5-13(6-10-15)17(19)20;1-13(2,3)17(4,5)16-11-8-6-7-10(9-11)12(14)15/h8-15H,7,16H2,1-6H3,(H2,24,25,26);3-10H,2,11H2,1H3;6-9H,1-5H3,(H3,14,15). The lowest BCUT2D eigenvalue weighted by Gasteiger charge is -2.36. The van der Waals surface area contributed by atoms with Gasteiger partial charge in [-0.2, -0.15) is 0 Å². The van der Waals surface area contributed by atoms with Crippen LogP contribution in [0.1, 0.15) is 77.6 Å². The van der Waals surface area contributed by atoms with E-state index in [1.165, 1.54) is 24.3 Å². The van der Waals surface area contributed by atoms with Crippen LogP contribution in [-0.4, -0.2) is 58.7 Å². The van der Waals surface area contributed by atoms with E-state index < -0.39 is 33.8 Å². The lowest BCUT2D eigenvalue weighted by Crippen LogP contribution is -2.43. The van der Waals surface area contributed by atoms with Gasteiger partial charge in [-0.1, -0.05) is 90.1 Å². The van der Waals surface area contributed by atoms with E-state index in [1.54, 1.807) is 36.4 Å². The summed E-state index contributed by atoms with van der Waals surface area (Å²) in [6, 6.07) is 34.3. The van der Waals surface area contributed by atoms with Crippen molar-refractivity contribution in [2.45, 2.75) is 105 Å². The van der Waals surface area contributed by atoms with Crippen LogP contribution in [0.3, 0.4) is 0 Å². The van der Waals surface area contributed by atoms with Crippen LogP contribution in [0, 0.1) is 20.9 Å². The number of nitrogens with zero attached hydrogens (tertiary/aromatic N) is 1. The Morgan fingerprint density at radius 3 is 1.44 bits per heavy atom. The molecule has 1 amide bonds. The highest BCUT2D eigenvalue weighted by molar-refractivity contribution is 6.75. The predicted octanol–water partition coefficient (Wildman–Crippen LogP) is 12.8. The number of amidine groups is 2. The third kappa shape index (κ3) is 19.1. The van der Waals surface area contributed by atoms with Crippen molar-refractivity contribution in [2.75, 3.05) is 13.2 Å². The van der Waals surface area contributed by atoms with Gasteiger partial charge in [-0.25, -0.2) is 9.59 Å². The first kappa shape index (κ1) is 57.1. The molecule has 0 aliphatic heterocycles. The van der Waals surface area contributed by atoms with Crippen molar-refractivity contribution >= 4 is 46.2 Å². The van der Waals surface area contributed by atoms with E-state index in [9.17, 15) is 19.7 Å². The van der Waals surface area contributed by atoms with Gasteiger partial charge < -0.3 is 38.3 Å². The van der Waals surface area contributed by atoms with E-state index in [-0.39, 0.29) is 46.4 Å². The molecule has 5 N–H and O–H groups in total. The number of nitrogens with two attached hydrogens (primary N) is 1. The van der Waals surface area contributed by atoms with Gasteiger partial charge in [0.1, 0.15) is 53.6 Å². The third-order valence-corrected chi connectivity index (χ3v) is 20.0. The molecule has 0 saturated carbocycles. The SMILES string of the molecule is CC(C)(C)[Si](C)(C)Oc1cccc(C(=N)N)c1.CCOc1ccc(COC(=O)NC(=N)c2cccc(O[Si](C)(C)C(C)(C)C)c2)cc1.CCOc1ccc(COC(=O)Oc2ccc([N+](=O)[O-])cc2)cc1. The topological polar surface area (TPSA) is 228 Å². The number of non-ortho nitro benzene ring substituents is 1. The number of amides is 1. The Hall–Kier alpha value is -7.19. The highest BCUT2D eigenvalue weighted by Crippen LogP contribution is 2.38. The fraction of sp³-hybridized carbons (Fsp3) is 0.346. The second-order valence-corrected chi connectivity index (χ2v) is 28.3. The number of benzene rings is 5. The molecule has 0 aromatic heterocycles. The summed E-state index contributed by atoms with van der Waals surface area (Å²) < 4.78 is 38.2. The fourth-order valence-corrected chi connectivity index (χ4v) is 7.34. The summed E-state index contributed by atoms with van der Waals surface area (Å²) in [5, 5.41) is 28.8. The van der Waals surface area contributed by atoms with Gasteiger partial charge in [-0.05, 0) is 122 Å². The Labute approximate surface area is 414 Å². The van der Waals surface area contributed by atoms with E-state index in [0.717, 1.165) is 28.4 Å². The molecule has 0 heterocycles. The summed E-state index contributed by atoms with van der Waals surface area (Å²) in [6.07, 6.45) is -1.56. The molecule has 0 atom stereocenters. The molecule has 70 heavy (non-hydrogen) atoms. The normalized spacial score (nSPS) is 11.2. The van der Waals surface area contributed by atoms with Gasteiger partial charge in [-0.15, -0.1) is 0 Å². The number of carbonyl (C=O) groups is 2. The molecule has 18 heteroatoms. The Morgan fingerprint density at radius 2 is 1.03 bits per heavy atom. The summed E-state index contributed by atoms with van der Waals surface area (Å²) in [5.41, 5.74) is 8.28. The smallest absolute Gasteiger partial charge is 0.514 e. The van der Waals surface area contributed by atoms with Crippen molar-refractivity contribution in [1.29, 1.82) is 10.8 Å². The number of ether oxygens (including phenoxy) is 5. The van der Waals surface area contributed by atoms with Gasteiger partial charge in [0.15, 0.2) is 0 Å². The third-order valence-electron chi connectivity index (χ3n) is 11.3. The monoisotopic (exact) mass is 995 g/mol. The number of nitro benzene ring substituents is 1. The number of nitrogens with one attached hydrogen (secondary N) is 3. The van der Waals surface area contributed by atoms with Crippen LogP contribution in [0.2, 0.25) is 36.3 Å². The summed E-state index contributed by atoms with van der Waals surface area (Å²) in [4.78, 5) is 33.7. The van der Waals surface area contributed by atoms with Crippen LogP contribution in [0.5, 0.6) is 28.7 Å². The Kier molecular flexibility index (Phi) is 21.2. The molecular weight excluding hydrogens is 927 g/mol. The Morgan fingerprint density at radius 1 is 0.614 bits per heavy atom. The highest BCUT2D eigenvalue weighted by Gasteiger charge is 2.40. The quantitative estimate of drug-likeness (QED) is 0.0138. The van der Waals surface area contributed by atoms with Crippen LogP contribution in [0.15, 0.2) is 121 Å². The number of alkyl carbamates (subject to hydrolysis) is 1. The summed E-state index contributed by atoms with van der Waals surface area (Å²) >= 11 is 0. The Bertz CT molecular complexity index is 2510. The van der Waals surface area contributed by atoms with Crippen LogP contribution < -0.4 is 34.1 Å². The van der Waals surface area contributed by atoms with E-state index in [1.807, 2.05) is 74.5 Å². The first-order valence-electron chi connectivity index (χ1n) is 22.7. The molecule has 5 rings (SSSR count). The number of hydrogen-bond donors (Lipinski definition) is 4. The van der Waals surface area contributed by atoms with E-state index in [0.29, 0.717) is 30.1 Å². The predicted molar refractivity (Wildman–Crippen MR) is 279 cm³/mol. The van der Waals surface area contributed by atoms with Crippen LogP contribution >= 0.6 is 0 Å². The number of carbonyl (C=O) groups excluding carboxylic acids is 2. The van der Waals surface area contributed by atoms with Gasteiger partial charge in [-0.3, -0.25) is 26.2 Å². The molecule has 5 aromatic rings. The number of nitrogen functional groups attached to an aromatic ring is 1. The zero-order chi connectivity index (χ0) is 52.3. The van der Waals surface area contributed by atoms with Crippen molar-refractivity contribution < 1.29 is 47.0 Å². The summed E-state index contributed by atoms with van der Waals surface area (Å²) in [7, 11) is -3.80. The molecule has 0 unspecified atom stereocenters. The van der Waals surface area contributed by atoms with Crippen molar-refractivity contribution in [2.24, 2.45) is 5.73 Å². The molecule has 0 bridgehead atoms. The van der Waals surface area contributed by atoms with Crippen molar-refractivity contribution in [3.05, 3.63) is 154 Å². The van der Waals surface area contributed by atoms with Gasteiger partial charge >= 0.3 is 12.2 Å². The minimum absolute atomic E-state index is 0.0348. The summed E-state index contributed by atoms with van der Waals surface area (Å²) in [5.74, 6) is 3.24. The van der Waals surface area contributed by atoms with Crippen molar-refractivity contribution in [3.8, 4) is 28.7 Å². The maximum absolute atomic E-state index is 12.1. The lowest BCUT2D eigenvalue weighted by molar-refractivity contribution is -0.384. The first-order chi connectivity index (χ1) is 32.7. The average molecular weight is 996 g/mol. The zero-order valence-electron chi connectivity index (χ0n) is 42.4. The molecule has 0 saturated heterocycles. The molecule has 0 aliphatic carbocycles. The second kappa shape index (κ2) is 26.0. The van der Waals surface area contributed by atoms with Gasteiger partial charge in [0.25, 0.3) is 5.69 Å². The highest BCUT2D eigenvalue weighted by atomic mass is 28.4. The molecule has 0 spiro atoms. The number of nitro groups is 1. The van der Waals surface area contributed by atoms with Crippen molar-refractivity contribution in [3.63, 3.8) is 0 Å². The maximum atomic E-state index is 12.1. The summed E-state index contributed by atoms with van der Waals surface area (Å²) in [6.45, 7) is 27.0. The lowest BCUT2D eigenvalue weighted by atomic mass is 10.2. The van der Waals surface area contributed by atoms with Crippen LogP contribution in [0.25, 0.3) is 0 Å². The number of rotatable bonds is 16.